The first-order valence-corrected chi connectivity index (χ1v) is 5.94. The Labute approximate surface area is 97.7 Å². The zero-order chi connectivity index (χ0) is 12.2. The maximum Gasteiger partial charge on any atom is 0.222 e. The van der Waals surface area contributed by atoms with E-state index in [0.717, 1.165) is 30.8 Å². The lowest BCUT2D eigenvalue weighted by atomic mass is 9.90. The first kappa shape index (κ1) is 12.7. The van der Waals surface area contributed by atoms with Crippen LogP contribution in [-0.2, 0) is 0 Å². The lowest BCUT2D eigenvalue weighted by Gasteiger charge is -2.32. The largest absolute Gasteiger partial charge is 0.368 e. The second-order valence-electron chi connectivity index (χ2n) is 4.22. The zero-order valence-corrected chi connectivity index (χ0v) is 10.7. The number of rotatable bonds is 5. The third-order valence-corrected chi connectivity index (χ3v) is 3.30. The van der Waals surface area contributed by atoms with Gasteiger partial charge < -0.3 is 11.1 Å². The molecule has 1 heterocycles. The Hall–Kier alpha value is -1.32. The molecule has 0 aliphatic heterocycles. The summed E-state index contributed by atoms with van der Waals surface area (Å²) in [6, 6.07) is 1.94. The van der Waals surface area contributed by atoms with Crippen LogP contribution in [-0.4, -0.2) is 15.5 Å². The van der Waals surface area contributed by atoms with E-state index in [1.807, 2.05) is 13.0 Å². The molecule has 1 rings (SSSR count). The fraction of sp³-hybridized carbons (Fsp3) is 0.667. The molecule has 0 spiro atoms. The van der Waals surface area contributed by atoms with Crippen molar-refractivity contribution in [1.29, 1.82) is 0 Å². The molecule has 0 saturated heterocycles. The highest BCUT2D eigenvalue weighted by atomic mass is 15.1. The van der Waals surface area contributed by atoms with Crippen molar-refractivity contribution in [3.05, 3.63) is 11.8 Å². The average molecular weight is 222 g/mol. The molecule has 4 heteroatoms. The SMILES string of the molecule is CCC(CC)(CC)Nc1cc(C)nc(N)n1. The van der Waals surface area contributed by atoms with Gasteiger partial charge in [-0.05, 0) is 26.2 Å². The lowest BCUT2D eigenvalue weighted by Crippen LogP contribution is -2.36. The standard InChI is InChI=1S/C12H22N4/c1-5-12(6-2,7-3)16-10-8-9(4)14-11(13)15-10/h8H,5-7H2,1-4H3,(H3,13,14,15,16). The number of hydrogen-bond donors (Lipinski definition) is 2. The summed E-state index contributed by atoms with van der Waals surface area (Å²) >= 11 is 0. The van der Waals surface area contributed by atoms with Gasteiger partial charge in [-0.3, -0.25) is 0 Å². The maximum absolute atomic E-state index is 5.64. The summed E-state index contributed by atoms with van der Waals surface area (Å²) in [6.45, 7) is 8.50. The van der Waals surface area contributed by atoms with Crippen LogP contribution in [0, 0.1) is 6.92 Å². The van der Waals surface area contributed by atoms with E-state index in [2.05, 4.69) is 36.1 Å². The molecule has 0 aromatic carbocycles. The molecule has 0 radical (unpaired) electrons. The van der Waals surface area contributed by atoms with Crippen molar-refractivity contribution in [1.82, 2.24) is 9.97 Å². The minimum Gasteiger partial charge on any atom is -0.368 e. The van der Waals surface area contributed by atoms with Gasteiger partial charge in [0, 0.05) is 17.3 Å². The highest BCUT2D eigenvalue weighted by Crippen LogP contribution is 2.24. The van der Waals surface area contributed by atoms with Crippen LogP contribution in [0.15, 0.2) is 6.07 Å². The number of hydrogen-bond acceptors (Lipinski definition) is 4. The van der Waals surface area contributed by atoms with Gasteiger partial charge >= 0.3 is 0 Å². The van der Waals surface area contributed by atoms with Crippen molar-refractivity contribution in [2.75, 3.05) is 11.1 Å². The van der Waals surface area contributed by atoms with Crippen molar-refractivity contribution in [3.63, 3.8) is 0 Å². The Morgan fingerprint density at radius 2 is 1.75 bits per heavy atom. The minimum atomic E-state index is 0.118. The molecule has 3 N–H and O–H groups in total. The van der Waals surface area contributed by atoms with Crippen LogP contribution in [0.2, 0.25) is 0 Å². The quantitative estimate of drug-likeness (QED) is 0.804. The van der Waals surface area contributed by atoms with E-state index in [4.69, 9.17) is 5.73 Å². The Bertz CT molecular complexity index is 316. The smallest absolute Gasteiger partial charge is 0.222 e. The Balaban J connectivity index is 2.93. The molecule has 0 aliphatic carbocycles. The molecule has 0 saturated carbocycles. The molecule has 4 nitrogen and oxygen atoms in total. The van der Waals surface area contributed by atoms with Gasteiger partial charge in [0.05, 0.1) is 0 Å². The number of aromatic nitrogens is 2. The predicted molar refractivity (Wildman–Crippen MR) is 68.4 cm³/mol. The molecule has 1 aromatic rings. The number of nitrogens with two attached hydrogens (primary N) is 1. The summed E-state index contributed by atoms with van der Waals surface area (Å²) in [5.41, 5.74) is 6.65. The van der Waals surface area contributed by atoms with Crippen LogP contribution in [0.4, 0.5) is 11.8 Å². The van der Waals surface area contributed by atoms with E-state index < -0.39 is 0 Å². The van der Waals surface area contributed by atoms with Crippen LogP contribution >= 0.6 is 0 Å². The van der Waals surface area contributed by atoms with E-state index in [-0.39, 0.29) is 5.54 Å². The fourth-order valence-corrected chi connectivity index (χ4v) is 1.94. The first-order chi connectivity index (χ1) is 7.55. The molecule has 0 bridgehead atoms. The van der Waals surface area contributed by atoms with Crippen molar-refractivity contribution in [2.45, 2.75) is 52.5 Å². The molecule has 1 aromatic heterocycles. The molecule has 0 atom stereocenters. The third kappa shape index (κ3) is 2.84. The number of nitrogens with zero attached hydrogens (tertiary/aromatic N) is 2. The summed E-state index contributed by atoms with van der Waals surface area (Å²) in [4.78, 5) is 8.29. The summed E-state index contributed by atoms with van der Waals surface area (Å²) in [5, 5.41) is 3.49. The van der Waals surface area contributed by atoms with Gasteiger partial charge in [-0.15, -0.1) is 0 Å². The highest BCUT2D eigenvalue weighted by Gasteiger charge is 2.23. The van der Waals surface area contributed by atoms with Crippen LogP contribution < -0.4 is 11.1 Å². The maximum atomic E-state index is 5.64. The monoisotopic (exact) mass is 222 g/mol. The summed E-state index contributed by atoms with van der Waals surface area (Å²) in [5.74, 6) is 1.16. The Morgan fingerprint density at radius 3 is 2.19 bits per heavy atom. The average Bonchev–Trinajstić information content (AvgIpc) is 2.25. The molecule has 0 fully saturated rings. The van der Waals surface area contributed by atoms with Crippen LogP contribution in [0.1, 0.15) is 45.7 Å². The zero-order valence-electron chi connectivity index (χ0n) is 10.7. The van der Waals surface area contributed by atoms with Gasteiger partial charge in [0.25, 0.3) is 0 Å². The number of nitrogen functional groups attached to an aromatic ring is 1. The van der Waals surface area contributed by atoms with Crippen LogP contribution in [0.3, 0.4) is 0 Å². The van der Waals surface area contributed by atoms with Gasteiger partial charge in [0.1, 0.15) is 5.82 Å². The Kier molecular flexibility index (Phi) is 4.10. The van der Waals surface area contributed by atoms with Gasteiger partial charge in [0.15, 0.2) is 0 Å². The topological polar surface area (TPSA) is 63.8 Å². The summed E-state index contributed by atoms with van der Waals surface area (Å²) in [7, 11) is 0. The predicted octanol–water partition coefficient (Wildman–Crippen LogP) is 2.75. The van der Waals surface area contributed by atoms with E-state index in [1.165, 1.54) is 0 Å². The fourth-order valence-electron chi connectivity index (χ4n) is 1.94. The van der Waals surface area contributed by atoms with E-state index in [9.17, 15) is 0 Å². The molecule has 90 valence electrons. The molecular formula is C12H22N4. The second-order valence-corrected chi connectivity index (χ2v) is 4.22. The molecule has 0 aliphatic rings. The summed E-state index contributed by atoms with van der Waals surface area (Å²) < 4.78 is 0. The molecule has 0 unspecified atom stereocenters. The minimum absolute atomic E-state index is 0.118. The van der Waals surface area contributed by atoms with Crippen molar-refractivity contribution < 1.29 is 0 Å². The molecule has 16 heavy (non-hydrogen) atoms. The van der Waals surface area contributed by atoms with Gasteiger partial charge in [-0.1, -0.05) is 20.8 Å². The van der Waals surface area contributed by atoms with Crippen molar-refractivity contribution in [3.8, 4) is 0 Å². The third-order valence-electron chi connectivity index (χ3n) is 3.30. The van der Waals surface area contributed by atoms with Gasteiger partial charge in [0.2, 0.25) is 5.95 Å². The second kappa shape index (κ2) is 5.14. The van der Waals surface area contributed by atoms with Crippen LogP contribution in [0.5, 0.6) is 0 Å². The molecule has 0 amide bonds. The number of anilines is 2. The lowest BCUT2D eigenvalue weighted by molar-refractivity contribution is 0.419. The summed E-state index contributed by atoms with van der Waals surface area (Å²) in [6.07, 6.45) is 3.22. The number of nitrogens with one attached hydrogen (secondary N) is 1. The highest BCUT2D eigenvalue weighted by molar-refractivity contribution is 5.42. The van der Waals surface area contributed by atoms with Crippen LogP contribution in [0.25, 0.3) is 0 Å². The van der Waals surface area contributed by atoms with E-state index in [0.29, 0.717) is 5.95 Å². The first-order valence-electron chi connectivity index (χ1n) is 5.94. The Morgan fingerprint density at radius 1 is 1.19 bits per heavy atom. The van der Waals surface area contributed by atoms with E-state index >= 15 is 0 Å². The van der Waals surface area contributed by atoms with Crippen molar-refractivity contribution in [2.24, 2.45) is 0 Å². The van der Waals surface area contributed by atoms with Gasteiger partial charge in [-0.2, -0.15) is 4.98 Å². The normalized spacial score (nSPS) is 11.5. The molecular weight excluding hydrogens is 200 g/mol. The van der Waals surface area contributed by atoms with Gasteiger partial charge in [-0.25, -0.2) is 4.98 Å². The van der Waals surface area contributed by atoms with Crippen molar-refractivity contribution >= 4 is 11.8 Å². The number of aryl methyl sites for hydroxylation is 1. The van der Waals surface area contributed by atoms with E-state index in [1.54, 1.807) is 0 Å².